The van der Waals surface area contributed by atoms with E-state index in [-0.39, 0.29) is 6.09 Å². The number of fused-ring (bicyclic) bond motifs is 1. The van der Waals surface area contributed by atoms with Crippen LogP contribution in [0.15, 0.2) is 48.8 Å². The SMILES string of the molecule is CCOC(=O)N1CCN(c2ccnn3cc(-c4ccc([C@@]5(O)CCN(C(C)C)C5)cc4)cc23)CC1. The van der Waals surface area contributed by atoms with Gasteiger partial charge in [-0.05, 0) is 50.5 Å². The van der Waals surface area contributed by atoms with E-state index in [4.69, 9.17) is 4.74 Å². The van der Waals surface area contributed by atoms with Crippen molar-refractivity contribution in [2.75, 3.05) is 50.8 Å². The highest BCUT2D eigenvalue weighted by Crippen LogP contribution is 2.35. The third-order valence-electron chi connectivity index (χ3n) is 7.40. The van der Waals surface area contributed by atoms with Crippen molar-refractivity contribution in [3.05, 3.63) is 54.4 Å². The van der Waals surface area contributed by atoms with E-state index in [2.05, 4.69) is 59.1 Å². The van der Waals surface area contributed by atoms with Gasteiger partial charge in [0.2, 0.25) is 0 Å². The smallest absolute Gasteiger partial charge is 0.409 e. The van der Waals surface area contributed by atoms with E-state index in [9.17, 15) is 9.90 Å². The Bertz CT molecular complexity index is 1180. The van der Waals surface area contributed by atoms with Crippen LogP contribution in [-0.2, 0) is 10.3 Å². The maximum Gasteiger partial charge on any atom is 0.409 e. The van der Waals surface area contributed by atoms with Gasteiger partial charge in [-0.15, -0.1) is 0 Å². The number of hydrogen-bond acceptors (Lipinski definition) is 6. The molecule has 3 aromatic rings. The summed E-state index contributed by atoms with van der Waals surface area (Å²) in [7, 11) is 0. The second-order valence-corrected chi connectivity index (χ2v) is 9.87. The second-order valence-electron chi connectivity index (χ2n) is 9.87. The third kappa shape index (κ3) is 4.60. The van der Waals surface area contributed by atoms with Crippen LogP contribution in [-0.4, -0.2) is 82.5 Å². The molecule has 1 N–H and O–H groups in total. The number of anilines is 1. The number of β-amino-alcohol motifs (C(OH)–C–C–N with tert-alkyl or cyclic N) is 1. The van der Waals surface area contributed by atoms with E-state index in [1.165, 1.54) is 0 Å². The van der Waals surface area contributed by atoms with Crippen LogP contribution in [0.1, 0.15) is 32.8 Å². The Labute approximate surface area is 206 Å². The van der Waals surface area contributed by atoms with Crippen LogP contribution in [0, 0.1) is 0 Å². The van der Waals surface area contributed by atoms with Gasteiger partial charge in [0.25, 0.3) is 0 Å². The van der Waals surface area contributed by atoms with E-state index >= 15 is 0 Å². The highest BCUT2D eigenvalue weighted by molar-refractivity contribution is 5.80. The topological polar surface area (TPSA) is 73.5 Å². The Balaban J connectivity index is 1.34. The molecule has 2 aliphatic heterocycles. The van der Waals surface area contributed by atoms with Crippen molar-refractivity contribution in [3.63, 3.8) is 0 Å². The Morgan fingerprint density at radius 3 is 2.49 bits per heavy atom. The Kier molecular flexibility index (Phi) is 6.42. The number of carbonyl (C=O) groups excluding carboxylic acids is 1. The Morgan fingerprint density at radius 1 is 1.09 bits per heavy atom. The summed E-state index contributed by atoms with van der Waals surface area (Å²) >= 11 is 0. The molecule has 1 atom stereocenters. The molecule has 2 aliphatic rings. The monoisotopic (exact) mass is 477 g/mol. The van der Waals surface area contributed by atoms with Crippen LogP contribution in [0.25, 0.3) is 16.6 Å². The molecule has 0 spiro atoms. The lowest BCUT2D eigenvalue weighted by atomic mass is 9.91. The molecule has 0 aliphatic carbocycles. The van der Waals surface area contributed by atoms with E-state index in [0.717, 1.165) is 53.9 Å². The number of amides is 1. The highest BCUT2D eigenvalue weighted by atomic mass is 16.6. The summed E-state index contributed by atoms with van der Waals surface area (Å²) in [4.78, 5) is 18.4. The van der Waals surface area contributed by atoms with Crippen LogP contribution in [0.3, 0.4) is 0 Å². The number of rotatable bonds is 5. The molecule has 2 aromatic heterocycles. The molecule has 35 heavy (non-hydrogen) atoms. The van der Waals surface area contributed by atoms with Gasteiger partial charge in [0.1, 0.15) is 5.60 Å². The second kappa shape index (κ2) is 9.51. The van der Waals surface area contributed by atoms with Crippen molar-refractivity contribution in [2.24, 2.45) is 0 Å². The molecule has 1 amide bonds. The number of hydrogen-bond donors (Lipinski definition) is 1. The fourth-order valence-electron chi connectivity index (χ4n) is 5.24. The van der Waals surface area contributed by atoms with Gasteiger partial charge in [-0.25, -0.2) is 9.31 Å². The number of ether oxygens (including phenoxy) is 1. The summed E-state index contributed by atoms with van der Waals surface area (Å²) in [6, 6.07) is 13.0. The fraction of sp³-hybridized carbons (Fsp3) is 0.481. The first kappa shape index (κ1) is 23.6. The molecule has 0 saturated carbocycles. The lowest BCUT2D eigenvalue weighted by molar-refractivity contribution is 0.0425. The lowest BCUT2D eigenvalue weighted by Crippen LogP contribution is -2.49. The van der Waals surface area contributed by atoms with Crippen molar-refractivity contribution in [3.8, 4) is 11.1 Å². The van der Waals surface area contributed by atoms with Crippen molar-refractivity contribution in [1.82, 2.24) is 19.4 Å². The number of aliphatic hydroxyl groups is 1. The molecule has 0 bridgehead atoms. The Hall–Kier alpha value is -3.10. The zero-order valence-electron chi connectivity index (χ0n) is 20.9. The van der Waals surface area contributed by atoms with Gasteiger partial charge in [0.05, 0.1) is 17.8 Å². The minimum absolute atomic E-state index is 0.236. The van der Waals surface area contributed by atoms with Gasteiger partial charge in [-0.2, -0.15) is 5.10 Å². The molecule has 8 nitrogen and oxygen atoms in total. The summed E-state index contributed by atoms with van der Waals surface area (Å²) < 4.78 is 7.06. The lowest BCUT2D eigenvalue weighted by Gasteiger charge is -2.35. The summed E-state index contributed by atoms with van der Waals surface area (Å²) in [5, 5.41) is 15.8. The maximum atomic E-state index is 12.0. The van der Waals surface area contributed by atoms with E-state index in [1.54, 1.807) is 4.90 Å². The molecule has 5 rings (SSSR count). The number of benzene rings is 1. The van der Waals surface area contributed by atoms with Crippen LogP contribution < -0.4 is 4.90 Å². The number of piperazine rings is 1. The van der Waals surface area contributed by atoms with Crippen LogP contribution in [0.2, 0.25) is 0 Å². The van der Waals surface area contributed by atoms with Crippen molar-refractivity contribution < 1.29 is 14.6 Å². The normalized spacial score (nSPS) is 21.3. The maximum absolute atomic E-state index is 12.0. The standard InChI is InChI=1S/C27H35N5O3/c1-4-35-26(33)30-15-13-29(14-16-30)24-9-11-28-32-18-22(17-25(24)32)21-5-7-23(8-6-21)27(34)10-12-31(19-27)20(2)3/h5-9,11,17-18,20,34H,4,10,12-16,19H2,1-3H3/t27-/m1/s1. The van der Waals surface area contributed by atoms with Crippen LogP contribution >= 0.6 is 0 Å². The van der Waals surface area contributed by atoms with Crippen LogP contribution in [0.5, 0.6) is 0 Å². The van der Waals surface area contributed by atoms with E-state index in [1.807, 2.05) is 29.9 Å². The fourth-order valence-corrected chi connectivity index (χ4v) is 5.24. The summed E-state index contributed by atoms with van der Waals surface area (Å²) in [5.41, 5.74) is 4.53. The Morgan fingerprint density at radius 2 is 1.83 bits per heavy atom. The largest absolute Gasteiger partial charge is 0.450 e. The minimum Gasteiger partial charge on any atom is -0.450 e. The first-order chi connectivity index (χ1) is 16.9. The van der Waals surface area contributed by atoms with E-state index < -0.39 is 5.60 Å². The number of nitrogens with zero attached hydrogens (tertiary/aromatic N) is 5. The van der Waals surface area contributed by atoms with Crippen molar-refractivity contribution in [2.45, 2.75) is 38.8 Å². The molecular formula is C27H35N5O3. The summed E-state index contributed by atoms with van der Waals surface area (Å²) in [6.07, 6.45) is 4.40. The van der Waals surface area contributed by atoms with E-state index in [0.29, 0.717) is 32.3 Å². The molecule has 186 valence electrons. The first-order valence-electron chi connectivity index (χ1n) is 12.6. The quantitative estimate of drug-likeness (QED) is 0.606. The highest BCUT2D eigenvalue weighted by Gasteiger charge is 2.38. The molecule has 4 heterocycles. The van der Waals surface area contributed by atoms with Gasteiger partial charge in [-0.3, -0.25) is 4.90 Å². The van der Waals surface area contributed by atoms with Crippen molar-refractivity contribution >= 4 is 17.3 Å². The summed E-state index contributed by atoms with van der Waals surface area (Å²) in [5.74, 6) is 0. The van der Waals surface area contributed by atoms with Gasteiger partial charge < -0.3 is 19.6 Å². The minimum atomic E-state index is -0.783. The molecule has 2 fully saturated rings. The molecular weight excluding hydrogens is 442 g/mol. The predicted molar refractivity (Wildman–Crippen MR) is 137 cm³/mol. The number of likely N-dealkylation sites (tertiary alicyclic amines) is 1. The van der Waals surface area contributed by atoms with Gasteiger partial charge in [0, 0.05) is 63.3 Å². The molecule has 0 radical (unpaired) electrons. The molecule has 1 aromatic carbocycles. The molecule has 2 saturated heterocycles. The summed E-state index contributed by atoms with van der Waals surface area (Å²) in [6.45, 7) is 11.0. The molecule has 0 unspecified atom stereocenters. The predicted octanol–water partition coefficient (Wildman–Crippen LogP) is 3.58. The van der Waals surface area contributed by atoms with Crippen molar-refractivity contribution in [1.29, 1.82) is 0 Å². The zero-order valence-corrected chi connectivity index (χ0v) is 20.9. The molecule has 8 heteroatoms. The van der Waals surface area contributed by atoms with Crippen LogP contribution in [0.4, 0.5) is 10.5 Å². The van der Waals surface area contributed by atoms with Gasteiger partial charge in [-0.1, -0.05) is 24.3 Å². The number of carbonyl (C=O) groups is 1. The van der Waals surface area contributed by atoms with Gasteiger partial charge in [0.15, 0.2) is 0 Å². The van der Waals surface area contributed by atoms with Gasteiger partial charge >= 0.3 is 6.09 Å². The zero-order chi connectivity index (χ0) is 24.6. The third-order valence-corrected chi connectivity index (χ3v) is 7.40. The average Bonchev–Trinajstić information content (AvgIpc) is 3.49. The number of aromatic nitrogens is 2. The first-order valence-corrected chi connectivity index (χ1v) is 12.6. The average molecular weight is 478 g/mol.